The summed E-state index contributed by atoms with van der Waals surface area (Å²) in [6, 6.07) is -0.831. The van der Waals surface area contributed by atoms with Crippen molar-refractivity contribution in [1.29, 1.82) is 0 Å². The highest BCUT2D eigenvalue weighted by atomic mass is 127. The molecule has 0 heterocycles. The Labute approximate surface area is 161 Å². The quantitative estimate of drug-likeness (QED) is 0.300. The topological polar surface area (TPSA) is 133 Å². The average molecular weight is 632 g/mol. The number of hydrogen-bond donors (Lipinski definition) is 5. The summed E-state index contributed by atoms with van der Waals surface area (Å²) in [6.07, 6.45) is 0. The molecule has 21 heavy (non-hydrogen) atoms. The van der Waals surface area contributed by atoms with Gasteiger partial charge < -0.3 is 26.4 Å². The SMILES string of the molecule is NC(=O)c1c(I)c(O)c(I)c(C(=O)NC(CO)CO)c1I. The summed E-state index contributed by atoms with van der Waals surface area (Å²) in [7, 11) is 0. The number of primary amides is 1. The number of aliphatic hydroxyl groups is 2. The van der Waals surface area contributed by atoms with Crippen LogP contribution >= 0.6 is 67.8 Å². The second-order valence-corrected chi connectivity index (χ2v) is 7.18. The number of aromatic hydroxyl groups is 1. The van der Waals surface area contributed by atoms with Crippen LogP contribution in [0.1, 0.15) is 20.7 Å². The number of nitrogens with two attached hydrogens (primary N) is 1. The number of carbonyl (C=O) groups excluding carboxylic acids is 2. The number of carbonyl (C=O) groups is 2. The molecular formula is C11H11I3N2O5. The first kappa shape index (κ1) is 19.1. The van der Waals surface area contributed by atoms with Crippen molar-refractivity contribution in [2.45, 2.75) is 6.04 Å². The zero-order chi connectivity index (χ0) is 16.3. The van der Waals surface area contributed by atoms with Crippen LogP contribution in [0.2, 0.25) is 0 Å². The van der Waals surface area contributed by atoms with Gasteiger partial charge in [0.1, 0.15) is 5.75 Å². The molecule has 0 spiro atoms. The van der Waals surface area contributed by atoms with Crippen molar-refractivity contribution in [2.24, 2.45) is 5.73 Å². The summed E-state index contributed by atoms with van der Waals surface area (Å²) < 4.78 is 0.837. The first-order valence-electron chi connectivity index (χ1n) is 5.48. The molecule has 7 nitrogen and oxygen atoms in total. The molecule has 0 aromatic heterocycles. The van der Waals surface area contributed by atoms with Crippen molar-refractivity contribution < 1.29 is 24.9 Å². The Bertz CT molecular complexity index is 590. The lowest BCUT2D eigenvalue weighted by Gasteiger charge is -2.17. The number of amides is 2. The molecule has 0 bridgehead atoms. The minimum Gasteiger partial charge on any atom is -0.506 e. The Morgan fingerprint density at radius 3 is 1.95 bits per heavy atom. The van der Waals surface area contributed by atoms with Gasteiger partial charge in [0.15, 0.2) is 0 Å². The maximum atomic E-state index is 12.2. The summed E-state index contributed by atoms with van der Waals surface area (Å²) in [5.41, 5.74) is 5.42. The molecule has 0 aliphatic carbocycles. The zero-order valence-electron chi connectivity index (χ0n) is 10.4. The van der Waals surface area contributed by atoms with Crippen LogP contribution in [0, 0.1) is 10.7 Å². The standard InChI is InChI=1S/C11H11I3N2O5/c12-6-4(10(15)20)7(13)9(19)8(14)5(6)11(21)16-3(1-17)2-18/h3,17-19H,1-2H2,(H2,15,20)(H,16,21). The fraction of sp³-hybridized carbons (Fsp3) is 0.273. The number of phenolic OH excluding ortho intramolecular Hbond substituents is 1. The van der Waals surface area contributed by atoms with E-state index < -0.39 is 31.1 Å². The van der Waals surface area contributed by atoms with E-state index in [9.17, 15) is 14.7 Å². The van der Waals surface area contributed by atoms with Gasteiger partial charge in [-0.05, 0) is 67.8 Å². The molecule has 1 aromatic carbocycles. The summed E-state index contributed by atoms with van der Waals surface area (Å²) in [6.45, 7) is -0.872. The van der Waals surface area contributed by atoms with Crippen LogP contribution in [0.3, 0.4) is 0 Å². The van der Waals surface area contributed by atoms with E-state index in [0.717, 1.165) is 0 Å². The largest absolute Gasteiger partial charge is 0.506 e. The number of phenols is 1. The highest BCUT2D eigenvalue weighted by Gasteiger charge is 2.27. The van der Waals surface area contributed by atoms with Gasteiger partial charge in [-0.3, -0.25) is 9.59 Å². The molecule has 0 fully saturated rings. The highest BCUT2D eigenvalue weighted by molar-refractivity contribution is 14.1. The molecule has 0 atom stereocenters. The fourth-order valence-corrected chi connectivity index (χ4v) is 5.66. The molecule has 0 radical (unpaired) electrons. The van der Waals surface area contributed by atoms with Crippen LogP contribution in [0.25, 0.3) is 0 Å². The summed E-state index contributed by atoms with van der Waals surface area (Å²) >= 11 is 5.37. The van der Waals surface area contributed by atoms with Gasteiger partial charge in [-0.25, -0.2) is 0 Å². The number of nitrogens with one attached hydrogen (secondary N) is 1. The van der Waals surface area contributed by atoms with Gasteiger partial charge in [0, 0.05) is 3.57 Å². The number of rotatable bonds is 5. The second kappa shape index (κ2) is 8.07. The second-order valence-electron chi connectivity index (χ2n) is 3.94. The van der Waals surface area contributed by atoms with Gasteiger partial charge in [0.05, 0.1) is 37.5 Å². The van der Waals surface area contributed by atoms with E-state index in [4.69, 9.17) is 15.9 Å². The van der Waals surface area contributed by atoms with E-state index in [-0.39, 0.29) is 24.0 Å². The van der Waals surface area contributed by atoms with Crippen LogP contribution in [0.15, 0.2) is 0 Å². The van der Waals surface area contributed by atoms with E-state index in [1.807, 2.05) is 0 Å². The Balaban J connectivity index is 3.43. The third-order valence-corrected chi connectivity index (χ3v) is 5.72. The van der Waals surface area contributed by atoms with E-state index in [1.54, 1.807) is 67.8 Å². The Kier molecular flexibility index (Phi) is 7.35. The van der Waals surface area contributed by atoms with Crippen molar-refractivity contribution in [1.82, 2.24) is 5.32 Å². The molecule has 0 saturated heterocycles. The van der Waals surface area contributed by atoms with Gasteiger partial charge in [-0.1, -0.05) is 0 Å². The normalized spacial score (nSPS) is 10.8. The van der Waals surface area contributed by atoms with Gasteiger partial charge >= 0.3 is 0 Å². The first-order valence-corrected chi connectivity index (χ1v) is 8.71. The van der Waals surface area contributed by atoms with E-state index in [1.165, 1.54) is 0 Å². The van der Waals surface area contributed by atoms with Crippen molar-refractivity contribution in [3.05, 3.63) is 21.8 Å². The average Bonchev–Trinajstić information content (AvgIpc) is 2.42. The number of benzene rings is 1. The molecular weight excluding hydrogens is 621 g/mol. The zero-order valence-corrected chi connectivity index (χ0v) is 16.8. The lowest BCUT2D eigenvalue weighted by Crippen LogP contribution is -2.41. The van der Waals surface area contributed by atoms with Crippen LogP contribution < -0.4 is 11.1 Å². The summed E-state index contributed by atoms with van der Waals surface area (Å²) in [4.78, 5) is 23.7. The van der Waals surface area contributed by atoms with Gasteiger partial charge in [-0.15, -0.1) is 0 Å². The molecule has 0 saturated carbocycles. The summed E-state index contributed by atoms with van der Waals surface area (Å²) in [5, 5.41) is 30.4. The van der Waals surface area contributed by atoms with E-state index in [2.05, 4.69) is 5.32 Å². The monoisotopic (exact) mass is 632 g/mol. The third kappa shape index (κ3) is 4.08. The van der Waals surface area contributed by atoms with Gasteiger partial charge in [-0.2, -0.15) is 0 Å². The first-order chi connectivity index (χ1) is 9.76. The van der Waals surface area contributed by atoms with Gasteiger partial charge in [0.25, 0.3) is 11.8 Å². The number of hydrogen-bond acceptors (Lipinski definition) is 5. The maximum absolute atomic E-state index is 12.2. The van der Waals surface area contributed by atoms with Crippen molar-refractivity contribution >= 4 is 79.6 Å². The molecule has 6 N–H and O–H groups in total. The number of aliphatic hydroxyl groups excluding tert-OH is 2. The molecule has 0 aliphatic rings. The smallest absolute Gasteiger partial charge is 0.253 e. The third-order valence-electron chi connectivity index (χ3n) is 2.54. The Hall–Kier alpha value is 0.0700. The molecule has 10 heteroatoms. The predicted molar refractivity (Wildman–Crippen MR) is 100 cm³/mol. The molecule has 116 valence electrons. The highest BCUT2D eigenvalue weighted by Crippen LogP contribution is 2.36. The maximum Gasteiger partial charge on any atom is 0.253 e. The van der Waals surface area contributed by atoms with Crippen molar-refractivity contribution in [3.8, 4) is 5.75 Å². The lowest BCUT2D eigenvalue weighted by atomic mass is 10.1. The lowest BCUT2D eigenvalue weighted by molar-refractivity contribution is 0.0877. The van der Waals surface area contributed by atoms with Crippen LogP contribution in [-0.4, -0.2) is 46.4 Å². The Morgan fingerprint density at radius 1 is 1.05 bits per heavy atom. The number of halogens is 3. The summed E-state index contributed by atoms with van der Waals surface area (Å²) in [5.74, 6) is -1.59. The van der Waals surface area contributed by atoms with Crippen molar-refractivity contribution in [3.63, 3.8) is 0 Å². The molecule has 0 aliphatic heterocycles. The molecule has 1 aromatic rings. The minimum absolute atomic E-state index is 0.0591. The molecule has 2 amide bonds. The van der Waals surface area contributed by atoms with Crippen LogP contribution in [0.4, 0.5) is 0 Å². The van der Waals surface area contributed by atoms with Crippen molar-refractivity contribution in [2.75, 3.05) is 13.2 Å². The fourth-order valence-electron chi connectivity index (χ4n) is 1.47. The Morgan fingerprint density at radius 2 is 1.52 bits per heavy atom. The van der Waals surface area contributed by atoms with Gasteiger partial charge in [0.2, 0.25) is 0 Å². The molecule has 1 rings (SSSR count). The van der Waals surface area contributed by atoms with E-state index >= 15 is 0 Å². The molecule has 0 unspecified atom stereocenters. The minimum atomic E-state index is -0.831. The predicted octanol–water partition coefficient (Wildman–Crippen LogP) is 0.388. The van der Waals surface area contributed by atoms with Crippen LogP contribution in [-0.2, 0) is 0 Å². The van der Waals surface area contributed by atoms with E-state index in [0.29, 0.717) is 3.57 Å². The van der Waals surface area contributed by atoms with Crippen LogP contribution in [0.5, 0.6) is 5.75 Å².